The molecule has 8 heteroatoms. The van der Waals surface area contributed by atoms with Crippen LogP contribution in [0.25, 0.3) is 0 Å². The van der Waals surface area contributed by atoms with Gasteiger partial charge in [0.25, 0.3) is 0 Å². The highest BCUT2D eigenvalue weighted by Gasteiger charge is 2.05. The SMILES string of the molecule is CCNC(=NCc1ccc(OC)c(OC)c1)NCCCOc1ccc(OC)cc1.I. The van der Waals surface area contributed by atoms with E-state index in [1.54, 1.807) is 21.3 Å². The number of ether oxygens (including phenoxy) is 4. The molecular weight excluding hydrogens is 497 g/mol. The van der Waals surface area contributed by atoms with Gasteiger partial charge in [0.1, 0.15) is 11.5 Å². The number of methoxy groups -OCH3 is 3. The summed E-state index contributed by atoms with van der Waals surface area (Å²) in [5.41, 5.74) is 1.04. The molecule has 0 heterocycles. The normalized spacial score (nSPS) is 10.6. The van der Waals surface area contributed by atoms with Gasteiger partial charge in [-0.05, 0) is 55.3 Å². The molecule has 0 aliphatic carbocycles. The van der Waals surface area contributed by atoms with Crippen molar-refractivity contribution in [3.8, 4) is 23.0 Å². The Morgan fingerprint density at radius 3 is 2.20 bits per heavy atom. The van der Waals surface area contributed by atoms with Crippen LogP contribution in [0, 0.1) is 0 Å². The van der Waals surface area contributed by atoms with Crippen LogP contribution in [-0.2, 0) is 6.54 Å². The minimum Gasteiger partial charge on any atom is -0.497 e. The molecule has 0 fully saturated rings. The summed E-state index contributed by atoms with van der Waals surface area (Å²) in [5, 5.41) is 6.58. The van der Waals surface area contributed by atoms with Crippen molar-refractivity contribution >= 4 is 29.9 Å². The number of halogens is 1. The molecule has 166 valence electrons. The van der Waals surface area contributed by atoms with Gasteiger partial charge in [-0.25, -0.2) is 4.99 Å². The number of nitrogens with zero attached hydrogens (tertiary/aromatic N) is 1. The minimum absolute atomic E-state index is 0. The van der Waals surface area contributed by atoms with Gasteiger partial charge >= 0.3 is 0 Å². The van der Waals surface area contributed by atoms with Crippen molar-refractivity contribution in [2.75, 3.05) is 41.0 Å². The third-order valence-corrected chi connectivity index (χ3v) is 4.15. The van der Waals surface area contributed by atoms with Crippen molar-refractivity contribution in [1.82, 2.24) is 10.6 Å². The van der Waals surface area contributed by atoms with E-state index in [9.17, 15) is 0 Å². The molecule has 2 aromatic rings. The number of nitrogens with one attached hydrogen (secondary N) is 2. The minimum atomic E-state index is 0. The van der Waals surface area contributed by atoms with E-state index in [-0.39, 0.29) is 24.0 Å². The van der Waals surface area contributed by atoms with Crippen LogP contribution < -0.4 is 29.6 Å². The smallest absolute Gasteiger partial charge is 0.191 e. The number of guanidine groups is 1. The lowest BCUT2D eigenvalue weighted by Crippen LogP contribution is -2.38. The van der Waals surface area contributed by atoms with Crippen LogP contribution in [0.3, 0.4) is 0 Å². The zero-order valence-electron chi connectivity index (χ0n) is 18.1. The van der Waals surface area contributed by atoms with E-state index < -0.39 is 0 Å². The first-order valence-corrected chi connectivity index (χ1v) is 9.70. The molecule has 0 aromatic heterocycles. The lowest BCUT2D eigenvalue weighted by atomic mass is 10.2. The van der Waals surface area contributed by atoms with Gasteiger partial charge in [0.05, 0.1) is 34.5 Å². The first-order chi connectivity index (χ1) is 14.2. The Hall–Kier alpha value is -2.36. The second kappa shape index (κ2) is 14.6. The maximum atomic E-state index is 5.74. The fourth-order valence-corrected chi connectivity index (χ4v) is 2.63. The number of hydrogen-bond acceptors (Lipinski definition) is 5. The number of aliphatic imine (C=N–C) groups is 1. The second-order valence-electron chi connectivity index (χ2n) is 6.19. The van der Waals surface area contributed by atoms with Crippen molar-refractivity contribution in [3.63, 3.8) is 0 Å². The molecule has 2 aromatic carbocycles. The molecule has 0 saturated heterocycles. The highest BCUT2D eigenvalue weighted by atomic mass is 127. The third kappa shape index (κ3) is 8.56. The first kappa shape index (κ1) is 25.7. The summed E-state index contributed by atoms with van der Waals surface area (Å²) in [4.78, 5) is 4.63. The topological polar surface area (TPSA) is 73.3 Å². The van der Waals surface area contributed by atoms with Crippen molar-refractivity contribution in [2.45, 2.75) is 19.9 Å². The third-order valence-electron chi connectivity index (χ3n) is 4.15. The van der Waals surface area contributed by atoms with Crippen LogP contribution in [0.5, 0.6) is 23.0 Å². The largest absolute Gasteiger partial charge is 0.497 e. The van der Waals surface area contributed by atoms with Crippen LogP contribution in [0.2, 0.25) is 0 Å². The highest BCUT2D eigenvalue weighted by Crippen LogP contribution is 2.27. The molecule has 0 bridgehead atoms. The van der Waals surface area contributed by atoms with Gasteiger partial charge in [-0.2, -0.15) is 0 Å². The number of hydrogen-bond donors (Lipinski definition) is 2. The van der Waals surface area contributed by atoms with E-state index >= 15 is 0 Å². The molecule has 7 nitrogen and oxygen atoms in total. The molecule has 30 heavy (non-hydrogen) atoms. The van der Waals surface area contributed by atoms with Gasteiger partial charge in [0.2, 0.25) is 0 Å². The van der Waals surface area contributed by atoms with E-state index in [2.05, 4.69) is 15.6 Å². The summed E-state index contributed by atoms with van der Waals surface area (Å²) in [6.45, 7) is 4.75. The molecule has 0 unspecified atom stereocenters. The van der Waals surface area contributed by atoms with Crippen LogP contribution in [0.1, 0.15) is 18.9 Å². The van der Waals surface area contributed by atoms with E-state index in [1.807, 2.05) is 49.4 Å². The maximum absolute atomic E-state index is 5.74. The molecule has 0 aliphatic rings. The monoisotopic (exact) mass is 529 g/mol. The zero-order valence-corrected chi connectivity index (χ0v) is 20.4. The Labute approximate surface area is 196 Å². The summed E-state index contributed by atoms with van der Waals surface area (Å²) in [5.74, 6) is 3.84. The molecule has 0 saturated carbocycles. The predicted molar refractivity (Wildman–Crippen MR) is 131 cm³/mol. The van der Waals surface area contributed by atoms with Crippen LogP contribution >= 0.6 is 24.0 Å². The van der Waals surface area contributed by atoms with Crippen LogP contribution in [-0.4, -0.2) is 47.0 Å². The average Bonchev–Trinajstić information content (AvgIpc) is 2.77. The van der Waals surface area contributed by atoms with E-state index in [1.165, 1.54) is 0 Å². The first-order valence-electron chi connectivity index (χ1n) is 9.70. The lowest BCUT2D eigenvalue weighted by Gasteiger charge is -2.12. The van der Waals surface area contributed by atoms with Gasteiger partial charge in [0.15, 0.2) is 17.5 Å². The summed E-state index contributed by atoms with van der Waals surface area (Å²) >= 11 is 0. The zero-order chi connectivity index (χ0) is 20.9. The van der Waals surface area contributed by atoms with E-state index in [0.29, 0.717) is 24.7 Å². The molecule has 0 spiro atoms. The van der Waals surface area contributed by atoms with Gasteiger partial charge < -0.3 is 29.6 Å². The standard InChI is InChI=1S/C22H31N3O4.HI/c1-5-23-22(25-16-17-7-12-20(27-3)21(15-17)28-4)24-13-6-14-29-19-10-8-18(26-2)9-11-19;/h7-12,15H,5-6,13-14,16H2,1-4H3,(H2,23,24,25);1H. The van der Waals surface area contributed by atoms with Gasteiger partial charge in [-0.15, -0.1) is 24.0 Å². The molecule has 0 atom stereocenters. The Balaban J connectivity index is 0.00000450. The number of benzene rings is 2. The van der Waals surface area contributed by atoms with E-state index in [4.69, 9.17) is 18.9 Å². The fraction of sp³-hybridized carbons (Fsp3) is 0.409. The number of rotatable bonds is 11. The van der Waals surface area contributed by atoms with Gasteiger partial charge in [-0.1, -0.05) is 6.07 Å². The van der Waals surface area contributed by atoms with Crippen molar-refractivity contribution in [3.05, 3.63) is 48.0 Å². The fourth-order valence-electron chi connectivity index (χ4n) is 2.63. The molecule has 0 amide bonds. The van der Waals surface area contributed by atoms with Gasteiger partial charge in [0, 0.05) is 13.1 Å². The Morgan fingerprint density at radius 2 is 1.57 bits per heavy atom. The predicted octanol–water partition coefficient (Wildman–Crippen LogP) is 3.85. The van der Waals surface area contributed by atoms with Crippen molar-refractivity contribution < 1.29 is 18.9 Å². The average molecular weight is 529 g/mol. The summed E-state index contributed by atoms with van der Waals surface area (Å²) in [6, 6.07) is 13.4. The molecular formula is C22H32IN3O4. The van der Waals surface area contributed by atoms with Crippen LogP contribution in [0.15, 0.2) is 47.5 Å². The maximum Gasteiger partial charge on any atom is 0.191 e. The van der Waals surface area contributed by atoms with Crippen molar-refractivity contribution in [1.29, 1.82) is 0 Å². The van der Waals surface area contributed by atoms with Gasteiger partial charge in [-0.3, -0.25) is 0 Å². The summed E-state index contributed by atoms with van der Waals surface area (Å²) in [7, 11) is 4.90. The lowest BCUT2D eigenvalue weighted by molar-refractivity contribution is 0.310. The highest BCUT2D eigenvalue weighted by molar-refractivity contribution is 14.0. The molecule has 0 radical (unpaired) electrons. The molecule has 2 rings (SSSR count). The Kier molecular flexibility index (Phi) is 12.5. The second-order valence-corrected chi connectivity index (χ2v) is 6.19. The Bertz CT molecular complexity index is 769. The van der Waals surface area contributed by atoms with Crippen LogP contribution in [0.4, 0.5) is 0 Å². The quantitative estimate of drug-likeness (QED) is 0.200. The van der Waals surface area contributed by atoms with E-state index in [0.717, 1.165) is 42.5 Å². The Morgan fingerprint density at radius 1 is 0.867 bits per heavy atom. The van der Waals surface area contributed by atoms with Crippen molar-refractivity contribution in [2.24, 2.45) is 4.99 Å². The molecule has 2 N–H and O–H groups in total. The molecule has 0 aliphatic heterocycles. The summed E-state index contributed by atoms with van der Waals surface area (Å²) < 4.78 is 21.5. The summed E-state index contributed by atoms with van der Waals surface area (Å²) in [6.07, 6.45) is 0.854.